The Balaban J connectivity index is 1.23. The molecule has 11 aromatic rings. The van der Waals surface area contributed by atoms with Crippen molar-refractivity contribution in [2.24, 2.45) is 0 Å². The van der Waals surface area contributed by atoms with Crippen LogP contribution in [0, 0.1) is 6.92 Å². The van der Waals surface area contributed by atoms with Gasteiger partial charge in [0.25, 0.3) is 0 Å². The van der Waals surface area contributed by atoms with Gasteiger partial charge in [0.05, 0.1) is 0 Å². The number of furan rings is 1. The first-order valence-electron chi connectivity index (χ1n) is 18.8. The largest absolute Gasteiger partial charge is 0.455 e. The molecule has 0 saturated heterocycles. The van der Waals surface area contributed by atoms with Gasteiger partial charge in [-0.15, -0.1) is 11.3 Å². The first-order chi connectivity index (χ1) is 27.2. The van der Waals surface area contributed by atoms with Gasteiger partial charge >= 0.3 is 0 Å². The molecule has 0 aliphatic rings. The number of fused-ring (bicyclic) bond motifs is 7. The van der Waals surface area contributed by atoms with Gasteiger partial charge in [0, 0.05) is 36.9 Å². The van der Waals surface area contributed by atoms with Crippen molar-refractivity contribution < 1.29 is 4.42 Å². The van der Waals surface area contributed by atoms with E-state index in [1.54, 1.807) is 11.3 Å². The number of para-hydroxylation sites is 1. The van der Waals surface area contributed by atoms with E-state index in [1.165, 1.54) is 86.2 Å². The van der Waals surface area contributed by atoms with Crippen LogP contribution in [0.4, 0.5) is 0 Å². The lowest BCUT2D eigenvalue weighted by Crippen LogP contribution is -1.92. The number of aryl methyl sites for hydroxylation is 1. The zero-order valence-electron chi connectivity index (χ0n) is 30.3. The van der Waals surface area contributed by atoms with Crippen LogP contribution in [0.5, 0.6) is 0 Å². The Bertz CT molecular complexity index is 3290. The highest BCUT2D eigenvalue weighted by Crippen LogP contribution is 2.51. The van der Waals surface area contributed by atoms with E-state index in [-0.39, 0.29) is 0 Å². The summed E-state index contributed by atoms with van der Waals surface area (Å²) in [5, 5.41) is 11.0. The monoisotopic (exact) mass is 718 g/mol. The molecule has 0 aliphatic carbocycles. The minimum absolute atomic E-state index is 0.898. The van der Waals surface area contributed by atoms with E-state index >= 15 is 0 Å². The van der Waals surface area contributed by atoms with Gasteiger partial charge in [0.1, 0.15) is 11.2 Å². The Kier molecular flexibility index (Phi) is 7.17. The number of thiophene rings is 1. The summed E-state index contributed by atoms with van der Waals surface area (Å²) in [6.45, 7) is 6.49. The average molecular weight is 719 g/mol. The molecule has 258 valence electrons. The van der Waals surface area contributed by atoms with Crippen molar-refractivity contribution in [3.05, 3.63) is 187 Å². The smallest absolute Gasteiger partial charge is 0.144 e. The molecule has 0 saturated carbocycles. The Morgan fingerprint density at radius 3 is 1.75 bits per heavy atom. The van der Waals surface area contributed by atoms with Gasteiger partial charge in [-0.1, -0.05) is 164 Å². The van der Waals surface area contributed by atoms with E-state index in [4.69, 9.17) is 4.42 Å². The maximum atomic E-state index is 6.83. The summed E-state index contributed by atoms with van der Waals surface area (Å²) in [7, 11) is 0. The average Bonchev–Trinajstić information content (AvgIpc) is 3.80. The van der Waals surface area contributed by atoms with Crippen LogP contribution in [0.3, 0.4) is 0 Å². The van der Waals surface area contributed by atoms with Crippen molar-refractivity contribution in [3.63, 3.8) is 0 Å². The van der Waals surface area contributed by atoms with Gasteiger partial charge in [-0.05, 0) is 96.4 Å². The first-order valence-corrected chi connectivity index (χ1v) is 19.6. The Morgan fingerprint density at radius 1 is 0.455 bits per heavy atom. The molecular weight excluding hydrogens is 685 g/mol. The molecule has 0 unspecified atom stereocenters. The van der Waals surface area contributed by atoms with Crippen molar-refractivity contribution in [1.29, 1.82) is 0 Å². The quantitative estimate of drug-likeness (QED) is 0.162. The van der Waals surface area contributed by atoms with Gasteiger partial charge in [-0.2, -0.15) is 0 Å². The number of hydrogen-bond acceptors (Lipinski definition) is 2. The Labute approximate surface area is 323 Å². The molecule has 0 spiro atoms. The van der Waals surface area contributed by atoms with E-state index < -0.39 is 0 Å². The summed E-state index contributed by atoms with van der Waals surface area (Å²) in [6, 6.07) is 61.8. The van der Waals surface area contributed by atoms with Crippen molar-refractivity contribution >= 4 is 81.8 Å². The molecule has 9 aromatic carbocycles. The van der Waals surface area contributed by atoms with E-state index in [0.29, 0.717) is 0 Å². The van der Waals surface area contributed by atoms with E-state index in [1.807, 2.05) is 6.08 Å². The van der Waals surface area contributed by atoms with Crippen LogP contribution in [0.25, 0.3) is 115 Å². The van der Waals surface area contributed by atoms with Crippen LogP contribution in [0.1, 0.15) is 10.4 Å². The maximum Gasteiger partial charge on any atom is 0.144 e. The fourth-order valence-corrected chi connectivity index (χ4v) is 10.2. The van der Waals surface area contributed by atoms with Crippen LogP contribution < -0.4 is 0 Å². The van der Waals surface area contributed by atoms with Gasteiger partial charge in [-0.3, -0.25) is 0 Å². The molecule has 0 amide bonds. The molecular formula is C53H34OS. The molecule has 2 heterocycles. The van der Waals surface area contributed by atoms with Crippen molar-refractivity contribution in [2.75, 3.05) is 0 Å². The van der Waals surface area contributed by atoms with Crippen LogP contribution in [-0.4, -0.2) is 0 Å². The predicted molar refractivity (Wildman–Crippen MR) is 238 cm³/mol. The van der Waals surface area contributed by atoms with Crippen LogP contribution in [0.2, 0.25) is 0 Å². The van der Waals surface area contributed by atoms with Gasteiger partial charge in [-0.25, -0.2) is 0 Å². The van der Waals surface area contributed by atoms with Gasteiger partial charge in [0.15, 0.2) is 0 Å². The normalized spacial score (nSPS) is 11.8. The standard InChI is InChI=1S/C53H34OS/c1-3-47-51(36-21-6-4-16-32(36)2)45-31-44-38-23-12-13-29-46(38)54-52(44)49(53(45)55-47)35-20-14-19-34(30-35)48-40-24-8-10-26-42(40)50(43-27-11-9-25-41(43)48)39-28-15-18-33-17-5-7-22-37(33)39/h3-31H,1H2,2H3. The molecule has 2 aromatic heterocycles. The third kappa shape index (κ3) is 4.78. The molecule has 0 aliphatic heterocycles. The summed E-state index contributed by atoms with van der Waals surface area (Å²) < 4.78 is 8.03. The van der Waals surface area contributed by atoms with Crippen molar-refractivity contribution in [1.82, 2.24) is 0 Å². The number of rotatable bonds is 5. The third-order valence-electron chi connectivity index (χ3n) is 11.4. The molecule has 0 N–H and O–H groups in total. The van der Waals surface area contributed by atoms with Crippen molar-refractivity contribution in [2.45, 2.75) is 6.92 Å². The molecule has 1 nitrogen and oxygen atoms in total. The maximum absolute atomic E-state index is 6.83. The first kappa shape index (κ1) is 31.8. The zero-order valence-corrected chi connectivity index (χ0v) is 31.1. The minimum atomic E-state index is 0.898. The molecule has 55 heavy (non-hydrogen) atoms. The highest BCUT2D eigenvalue weighted by molar-refractivity contribution is 7.21. The molecule has 2 heteroatoms. The van der Waals surface area contributed by atoms with E-state index in [0.717, 1.165) is 33.1 Å². The van der Waals surface area contributed by atoms with Gasteiger partial charge < -0.3 is 4.42 Å². The third-order valence-corrected chi connectivity index (χ3v) is 12.6. The zero-order chi connectivity index (χ0) is 36.6. The predicted octanol–water partition coefficient (Wildman–Crippen LogP) is 15.9. The topological polar surface area (TPSA) is 13.1 Å². The molecule has 0 bridgehead atoms. The number of benzene rings is 9. The van der Waals surface area contributed by atoms with Crippen molar-refractivity contribution in [3.8, 4) is 44.5 Å². The molecule has 0 fully saturated rings. The summed E-state index contributed by atoms with van der Waals surface area (Å²) in [4.78, 5) is 1.17. The van der Waals surface area contributed by atoms with E-state index in [2.05, 4.69) is 183 Å². The Morgan fingerprint density at radius 2 is 1.02 bits per heavy atom. The second-order valence-electron chi connectivity index (χ2n) is 14.4. The van der Waals surface area contributed by atoms with E-state index in [9.17, 15) is 0 Å². The molecule has 11 rings (SSSR count). The second-order valence-corrected chi connectivity index (χ2v) is 15.5. The highest BCUT2D eigenvalue weighted by Gasteiger charge is 2.24. The molecule has 0 radical (unpaired) electrons. The molecule has 0 atom stereocenters. The van der Waals surface area contributed by atoms with Crippen LogP contribution in [0.15, 0.2) is 181 Å². The van der Waals surface area contributed by atoms with Gasteiger partial charge in [0.2, 0.25) is 0 Å². The SMILES string of the molecule is C=Cc1sc2c(-c3cccc(-c4c5ccccc5c(-c5cccc6ccccc56)c5ccccc45)c3)c3oc4ccccc4c3cc2c1-c1ccccc1C. The summed E-state index contributed by atoms with van der Waals surface area (Å²) in [5.41, 5.74) is 12.7. The number of hydrogen-bond donors (Lipinski definition) is 0. The lowest BCUT2D eigenvalue weighted by molar-refractivity contribution is 0.670. The summed E-state index contributed by atoms with van der Waals surface area (Å²) in [6.07, 6.45) is 2.02. The highest BCUT2D eigenvalue weighted by atomic mass is 32.1. The van der Waals surface area contributed by atoms with Crippen LogP contribution in [-0.2, 0) is 0 Å². The summed E-state index contributed by atoms with van der Waals surface area (Å²) in [5.74, 6) is 0. The fourth-order valence-electron chi connectivity index (χ4n) is 8.97. The fraction of sp³-hybridized carbons (Fsp3) is 0.0189. The second kappa shape index (κ2) is 12.4. The lowest BCUT2D eigenvalue weighted by atomic mass is 9.84. The summed E-state index contributed by atoms with van der Waals surface area (Å²) >= 11 is 1.80. The minimum Gasteiger partial charge on any atom is -0.455 e. The Hall–Kier alpha value is -6.74. The lowest BCUT2D eigenvalue weighted by Gasteiger charge is -2.19. The van der Waals surface area contributed by atoms with Crippen LogP contribution >= 0.6 is 11.3 Å².